The van der Waals surface area contributed by atoms with Crippen molar-refractivity contribution in [2.75, 3.05) is 32.8 Å². The number of pyridine rings is 1. The molecule has 0 unspecified atom stereocenters. The smallest absolute Gasteiger partial charge is 0.260 e. The van der Waals surface area contributed by atoms with Crippen LogP contribution >= 0.6 is 0 Å². The van der Waals surface area contributed by atoms with Crippen LogP contribution in [0.4, 0.5) is 0 Å². The molecule has 1 fully saturated rings. The summed E-state index contributed by atoms with van der Waals surface area (Å²) in [7, 11) is -1.77. The van der Waals surface area contributed by atoms with Crippen molar-refractivity contribution in [2.45, 2.75) is 4.90 Å². The summed E-state index contributed by atoms with van der Waals surface area (Å²) < 4.78 is 39.7. The summed E-state index contributed by atoms with van der Waals surface area (Å²) in [5.74, 6) is 1.45. The Morgan fingerprint density at radius 2 is 1.72 bits per heavy atom. The van der Waals surface area contributed by atoms with Gasteiger partial charge < -0.3 is 18.9 Å². The molecule has 168 valence electrons. The van der Waals surface area contributed by atoms with Crippen LogP contribution in [0.1, 0.15) is 0 Å². The number of aryl methyl sites for hydroxylation is 1. The van der Waals surface area contributed by atoms with Crippen molar-refractivity contribution in [3.8, 4) is 17.4 Å². The van der Waals surface area contributed by atoms with E-state index in [0.29, 0.717) is 30.5 Å². The van der Waals surface area contributed by atoms with E-state index >= 15 is 0 Å². The molecular weight excluding hydrogens is 432 g/mol. The van der Waals surface area contributed by atoms with Gasteiger partial charge in [-0.15, -0.1) is 0 Å². The van der Waals surface area contributed by atoms with Gasteiger partial charge in [0.25, 0.3) is 5.91 Å². The van der Waals surface area contributed by atoms with E-state index in [2.05, 4.69) is 4.98 Å². The summed E-state index contributed by atoms with van der Waals surface area (Å²) in [4.78, 5) is 18.5. The Kier molecular flexibility index (Phi) is 6.42. The van der Waals surface area contributed by atoms with E-state index in [0.717, 1.165) is 0 Å². The standard InChI is InChI=1S/C22H24N4O5S/c1-24-11-9-20(16-24)32(28,29)26-14-12-25(13-15-26)22(27)17-30-18-5-7-19(8-6-18)31-21-4-2-3-10-23-21/h2-11,16H,12-15,17H2,1H3. The number of carbonyl (C=O) groups excluding carboxylic acids is 1. The molecule has 0 bridgehead atoms. The topological polar surface area (TPSA) is 94.0 Å². The summed E-state index contributed by atoms with van der Waals surface area (Å²) in [6.07, 6.45) is 4.92. The van der Waals surface area contributed by atoms with Crippen molar-refractivity contribution < 1.29 is 22.7 Å². The summed E-state index contributed by atoms with van der Waals surface area (Å²) >= 11 is 0. The Morgan fingerprint density at radius 3 is 2.34 bits per heavy atom. The fourth-order valence-electron chi connectivity index (χ4n) is 3.33. The lowest BCUT2D eigenvalue weighted by molar-refractivity contribution is -0.134. The highest BCUT2D eigenvalue weighted by atomic mass is 32.2. The van der Waals surface area contributed by atoms with E-state index in [1.807, 2.05) is 12.1 Å². The largest absolute Gasteiger partial charge is 0.484 e. The molecule has 1 aromatic carbocycles. The molecular formula is C22H24N4O5S. The van der Waals surface area contributed by atoms with Crippen molar-refractivity contribution in [1.29, 1.82) is 0 Å². The van der Waals surface area contributed by atoms with Crippen molar-refractivity contribution >= 4 is 15.9 Å². The van der Waals surface area contributed by atoms with Crippen LogP contribution in [0, 0.1) is 0 Å². The predicted octanol–water partition coefficient (Wildman–Crippen LogP) is 2.12. The zero-order chi connectivity index (χ0) is 22.6. The van der Waals surface area contributed by atoms with E-state index < -0.39 is 10.0 Å². The van der Waals surface area contributed by atoms with Crippen LogP contribution in [0.15, 0.2) is 72.0 Å². The number of aromatic nitrogens is 2. The van der Waals surface area contributed by atoms with Gasteiger partial charge in [-0.05, 0) is 36.4 Å². The number of amides is 1. The first kappa shape index (κ1) is 21.8. The Bertz CT molecular complexity index is 1150. The van der Waals surface area contributed by atoms with E-state index in [1.165, 1.54) is 4.31 Å². The molecule has 4 rings (SSSR count). The molecule has 0 spiro atoms. The minimum atomic E-state index is -3.55. The predicted molar refractivity (Wildman–Crippen MR) is 117 cm³/mol. The number of ether oxygens (including phenoxy) is 2. The maximum atomic E-state index is 12.7. The number of hydrogen-bond donors (Lipinski definition) is 0. The van der Waals surface area contributed by atoms with Gasteiger partial charge in [0.15, 0.2) is 6.61 Å². The normalized spacial score (nSPS) is 14.8. The number of rotatable bonds is 7. The highest BCUT2D eigenvalue weighted by Gasteiger charge is 2.30. The lowest BCUT2D eigenvalue weighted by Gasteiger charge is -2.33. The molecule has 0 saturated carbocycles. The second-order valence-corrected chi connectivity index (χ2v) is 9.27. The van der Waals surface area contributed by atoms with E-state index in [9.17, 15) is 13.2 Å². The molecule has 0 aliphatic carbocycles. The molecule has 32 heavy (non-hydrogen) atoms. The summed E-state index contributed by atoms with van der Waals surface area (Å²) in [5, 5.41) is 0. The molecule has 1 aliphatic heterocycles. The molecule has 1 aliphatic rings. The highest BCUT2D eigenvalue weighted by Crippen LogP contribution is 2.22. The van der Waals surface area contributed by atoms with Gasteiger partial charge in [-0.25, -0.2) is 13.4 Å². The van der Waals surface area contributed by atoms with E-state index in [4.69, 9.17) is 9.47 Å². The molecule has 0 radical (unpaired) electrons. The average Bonchev–Trinajstić information content (AvgIpc) is 3.26. The molecule has 2 aromatic heterocycles. The lowest BCUT2D eigenvalue weighted by atomic mass is 10.3. The second-order valence-electron chi connectivity index (χ2n) is 7.33. The van der Waals surface area contributed by atoms with E-state index in [-0.39, 0.29) is 30.5 Å². The minimum absolute atomic E-state index is 0.119. The first-order valence-electron chi connectivity index (χ1n) is 10.1. The molecule has 0 atom stereocenters. The number of nitrogens with zero attached hydrogens (tertiary/aromatic N) is 4. The number of benzene rings is 1. The van der Waals surface area contributed by atoms with Crippen molar-refractivity contribution in [3.05, 3.63) is 67.1 Å². The maximum absolute atomic E-state index is 12.7. The van der Waals surface area contributed by atoms with Gasteiger partial charge in [0.2, 0.25) is 15.9 Å². The van der Waals surface area contributed by atoms with Crippen molar-refractivity contribution in [2.24, 2.45) is 7.05 Å². The second kappa shape index (κ2) is 9.41. The SMILES string of the molecule is Cn1ccc(S(=O)(=O)N2CCN(C(=O)COc3ccc(Oc4ccccn4)cc3)CC2)c1. The zero-order valence-corrected chi connectivity index (χ0v) is 18.4. The molecule has 1 saturated heterocycles. The molecule has 10 heteroatoms. The average molecular weight is 457 g/mol. The number of sulfonamides is 1. The number of carbonyl (C=O) groups is 1. The molecule has 1 amide bonds. The van der Waals surface area contributed by atoms with E-state index in [1.54, 1.807) is 71.5 Å². The van der Waals surface area contributed by atoms with Crippen LogP contribution < -0.4 is 9.47 Å². The Labute approximate surface area is 186 Å². The fourth-order valence-corrected chi connectivity index (χ4v) is 4.80. The summed E-state index contributed by atoms with van der Waals surface area (Å²) in [5.41, 5.74) is 0. The van der Waals surface area contributed by atoms with Crippen LogP contribution in [-0.4, -0.2) is 65.9 Å². The Hall–Kier alpha value is -3.37. The minimum Gasteiger partial charge on any atom is -0.484 e. The van der Waals surface area contributed by atoms with Gasteiger partial charge in [0.1, 0.15) is 11.5 Å². The van der Waals surface area contributed by atoms with Crippen LogP contribution in [0.2, 0.25) is 0 Å². The third-order valence-corrected chi connectivity index (χ3v) is 6.96. The van der Waals surface area contributed by atoms with Gasteiger partial charge in [-0.1, -0.05) is 6.07 Å². The maximum Gasteiger partial charge on any atom is 0.260 e. The van der Waals surface area contributed by atoms with Crippen LogP contribution in [0.5, 0.6) is 17.4 Å². The molecule has 3 aromatic rings. The Morgan fingerprint density at radius 1 is 1.00 bits per heavy atom. The number of piperazine rings is 1. The van der Waals surface area contributed by atoms with Gasteiger partial charge in [0.05, 0.1) is 4.90 Å². The Balaban J connectivity index is 1.25. The van der Waals surface area contributed by atoms with Crippen LogP contribution in [-0.2, 0) is 21.9 Å². The first-order chi connectivity index (χ1) is 15.4. The summed E-state index contributed by atoms with van der Waals surface area (Å²) in [6.45, 7) is 1.03. The third kappa shape index (κ3) is 5.09. The lowest BCUT2D eigenvalue weighted by Crippen LogP contribution is -2.51. The molecule has 9 nitrogen and oxygen atoms in total. The van der Waals surface area contributed by atoms with Crippen molar-refractivity contribution in [1.82, 2.24) is 18.8 Å². The van der Waals surface area contributed by atoms with Crippen LogP contribution in [0.3, 0.4) is 0 Å². The quantitative estimate of drug-likeness (QED) is 0.541. The van der Waals surface area contributed by atoms with Crippen molar-refractivity contribution in [3.63, 3.8) is 0 Å². The van der Waals surface area contributed by atoms with Gasteiger partial charge in [0, 0.05) is 57.9 Å². The van der Waals surface area contributed by atoms with Gasteiger partial charge in [-0.2, -0.15) is 4.31 Å². The molecule has 0 N–H and O–H groups in total. The summed E-state index contributed by atoms with van der Waals surface area (Å²) in [6, 6.07) is 13.9. The highest BCUT2D eigenvalue weighted by molar-refractivity contribution is 7.89. The third-order valence-electron chi connectivity index (χ3n) is 5.08. The van der Waals surface area contributed by atoms with Gasteiger partial charge >= 0.3 is 0 Å². The fraction of sp³-hybridized carbons (Fsp3) is 0.273. The van der Waals surface area contributed by atoms with Crippen LogP contribution in [0.25, 0.3) is 0 Å². The zero-order valence-electron chi connectivity index (χ0n) is 17.6. The van der Waals surface area contributed by atoms with Gasteiger partial charge in [-0.3, -0.25) is 4.79 Å². The first-order valence-corrected chi connectivity index (χ1v) is 11.6. The monoisotopic (exact) mass is 456 g/mol. The number of hydrogen-bond acceptors (Lipinski definition) is 6. The molecule has 3 heterocycles.